The molecule has 0 atom stereocenters. The maximum atomic E-state index is 13.6. The van der Waals surface area contributed by atoms with Crippen LogP contribution in [0.5, 0.6) is 0 Å². The summed E-state index contributed by atoms with van der Waals surface area (Å²) in [6, 6.07) is 4.10. The topological polar surface area (TPSA) is 49.3 Å². The fraction of sp³-hybridized carbons (Fsp3) is 0.438. The minimum atomic E-state index is -0.564. The molecule has 20 heavy (non-hydrogen) atoms. The average Bonchev–Trinajstić information content (AvgIpc) is 2.46. The summed E-state index contributed by atoms with van der Waals surface area (Å²) >= 11 is 0. The van der Waals surface area contributed by atoms with Crippen molar-refractivity contribution in [2.45, 2.75) is 32.6 Å². The molecule has 0 radical (unpaired) electrons. The Hall–Kier alpha value is -1.86. The van der Waals surface area contributed by atoms with E-state index < -0.39 is 11.7 Å². The molecule has 108 valence electrons. The van der Waals surface area contributed by atoms with Gasteiger partial charge in [-0.05, 0) is 24.6 Å². The summed E-state index contributed by atoms with van der Waals surface area (Å²) in [5, 5.41) is 11.3. The van der Waals surface area contributed by atoms with Crippen molar-refractivity contribution in [2.75, 3.05) is 13.2 Å². The van der Waals surface area contributed by atoms with Gasteiger partial charge in [-0.3, -0.25) is 4.79 Å². The number of hydrogen-bond acceptors (Lipinski definition) is 2. The molecule has 4 heteroatoms. The van der Waals surface area contributed by atoms with Crippen LogP contribution in [-0.2, 0) is 0 Å². The van der Waals surface area contributed by atoms with Gasteiger partial charge in [0, 0.05) is 12.1 Å². The smallest absolute Gasteiger partial charge is 0.254 e. The molecule has 1 amide bonds. The van der Waals surface area contributed by atoms with E-state index >= 15 is 0 Å². The van der Waals surface area contributed by atoms with Gasteiger partial charge in [0.2, 0.25) is 0 Å². The van der Waals surface area contributed by atoms with E-state index in [4.69, 9.17) is 5.11 Å². The van der Waals surface area contributed by atoms with Crippen LogP contribution in [0.2, 0.25) is 0 Å². The lowest BCUT2D eigenvalue weighted by molar-refractivity contribution is 0.0949. The maximum absolute atomic E-state index is 13.6. The number of carbonyl (C=O) groups is 1. The zero-order valence-electron chi connectivity index (χ0n) is 11.7. The van der Waals surface area contributed by atoms with Gasteiger partial charge in [-0.25, -0.2) is 4.39 Å². The van der Waals surface area contributed by atoms with Crippen molar-refractivity contribution in [3.63, 3.8) is 0 Å². The molecule has 0 spiro atoms. The first kappa shape index (κ1) is 16.2. The molecule has 0 aliphatic carbocycles. The maximum Gasteiger partial charge on any atom is 0.254 e. The van der Waals surface area contributed by atoms with Crippen LogP contribution in [0.25, 0.3) is 0 Å². The number of aliphatic hydroxyl groups is 1. The number of hydrogen-bond donors (Lipinski definition) is 2. The number of amides is 1. The molecule has 0 saturated heterocycles. The highest BCUT2D eigenvalue weighted by molar-refractivity contribution is 5.94. The molecule has 0 bridgehead atoms. The van der Waals surface area contributed by atoms with Crippen LogP contribution >= 0.6 is 0 Å². The Labute approximate surface area is 119 Å². The zero-order valence-corrected chi connectivity index (χ0v) is 11.7. The number of rotatable bonds is 6. The molecular weight excluding hydrogens is 257 g/mol. The summed E-state index contributed by atoms with van der Waals surface area (Å²) in [4.78, 5) is 11.9. The van der Waals surface area contributed by atoms with E-state index in [0.29, 0.717) is 12.1 Å². The third-order valence-corrected chi connectivity index (χ3v) is 2.84. The summed E-state index contributed by atoms with van der Waals surface area (Å²) in [6.45, 7) is 2.40. The lowest BCUT2D eigenvalue weighted by atomic mass is 10.1. The molecule has 0 unspecified atom stereocenters. The average molecular weight is 277 g/mol. The third-order valence-electron chi connectivity index (χ3n) is 2.84. The Kier molecular flexibility index (Phi) is 7.38. The first-order valence-electron chi connectivity index (χ1n) is 6.86. The quantitative estimate of drug-likeness (QED) is 0.620. The molecule has 2 N–H and O–H groups in total. The molecule has 0 aromatic heterocycles. The van der Waals surface area contributed by atoms with Gasteiger partial charge < -0.3 is 10.4 Å². The summed E-state index contributed by atoms with van der Waals surface area (Å²) < 4.78 is 13.6. The molecule has 1 aromatic carbocycles. The lowest BCUT2D eigenvalue weighted by Gasteiger charge is -2.06. The lowest BCUT2D eigenvalue weighted by Crippen LogP contribution is -2.25. The van der Waals surface area contributed by atoms with Crippen LogP contribution in [0, 0.1) is 17.7 Å². The second-order valence-electron chi connectivity index (χ2n) is 4.47. The van der Waals surface area contributed by atoms with Crippen molar-refractivity contribution in [3.8, 4) is 11.8 Å². The Morgan fingerprint density at radius 3 is 2.85 bits per heavy atom. The number of halogens is 1. The van der Waals surface area contributed by atoms with Crippen LogP contribution in [0.15, 0.2) is 18.2 Å². The second kappa shape index (κ2) is 9.11. The highest BCUT2D eigenvalue weighted by Gasteiger charge is 2.11. The fourth-order valence-corrected chi connectivity index (χ4v) is 1.77. The summed E-state index contributed by atoms with van der Waals surface area (Å²) in [6.07, 6.45) is 4.22. The first-order valence-corrected chi connectivity index (χ1v) is 6.86. The van der Waals surface area contributed by atoms with Crippen molar-refractivity contribution in [1.29, 1.82) is 0 Å². The van der Waals surface area contributed by atoms with Crippen LogP contribution in [-0.4, -0.2) is 24.2 Å². The zero-order chi connectivity index (χ0) is 14.8. The third kappa shape index (κ3) is 5.41. The highest BCUT2D eigenvalue weighted by Crippen LogP contribution is 2.10. The summed E-state index contributed by atoms with van der Waals surface area (Å²) in [7, 11) is 0. The number of aliphatic hydroxyl groups excluding tert-OH is 1. The van der Waals surface area contributed by atoms with Crippen molar-refractivity contribution in [2.24, 2.45) is 0 Å². The monoisotopic (exact) mass is 277 g/mol. The van der Waals surface area contributed by atoms with Gasteiger partial charge in [-0.2, -0.15) is 0 Å². The molecule has 3 nitrogen and oxygen atoms in total. The molecule has 0 saturated carbocycles. The Morgan fingerprint density at radius 2 is 2.15 bits per heavy atom. The molecule has 1 rings (SSSR count). The molecular formula is C16H20FNO2. The van der Waals surface area contributed by atoms with Crippen molar-refractivity contribution in [3.05, 3.63) is 35.1 Å². The standard InChI is InChI=1S/C16H20FNO2/c1-2-3-4-5-10-18-16(20)14-12-13(7-6-11-19)8-9-15(14)17/h8-9,12,19H,2-5,10-11H2,1H3,(H,18,20). The van der Waals surface area contributed by atoms with E-state index in [0.717, 1.165) is 25.7 Å². The SMILES string of the molecule is CCCCCCNC(=O)c1cc(C#CCO)ccc1F. The summed E-state index contributed by atoms with van der Waals surface area (Å²) in [5.41, 5.74) is 0.502. The van der Waals surface area contributed by atoms with Gasteiger partial charge in [-0.1, -0.05) is 38.0 Å². The number of nitrogens with one attached hydrogen (secondary N) is 1. The molecule has 0 fully saturated rings. The molecule has 0 aliphatic rings. The van der Waals surface area contributed by atoms with Gasteiger partial charge in [-0.15, -0.1) is 0 Å². The molecule has 0 heterocycles. The second-order valence-corrected chi connectivity index (χ2v) is 4.47. The Balaban J connectivity index is 2.62. The van der Waals surface area contributed by atoms with Crippen LogP contribution in [0.3, 0.4) is 0 Å². The van der Waals surface area contributed by atoms with Crippen LogP contribution in [0.1, 0.15) is 48.5 Å². The predicted molar refractivity (Wildman–Crippen MR) is 76.8 cm³/mol. The predicted octanol–water partition coefficient (Wildman–Crippen LogP) is 2.48. The van der Waals surface area contributed by atoms with Crippen LogP contribution in [0.4, 0.5) is 4.39 Å². The highest BCUT2D eigenvalue weighted by atomic mass is 19.1. The van der Waals surface area contributed by atoms with Gasteiger partial charge in [0.1, 0.15) is 12.4 Å². The van der Waals surface area contributed by atoms with Crippen LogP contribution < -0.4 is 5.32 Å². The summed E-state index contributed by atoms with van der Waals surface area (Å²) in [5.74, 6) is 4.13. The van der Waals surface area contributed by atoms with Gasteiger partial charge in [0.15, 0.2) is 0 Å². The van der Waals surface area contributed by atoms with Crippen molar-refractivity contribution in [1.82, 2.24) is 5.32 Å². The minimum absolute atomic E-state index is 0.00905. The number of benzene rings is 1. The van der Waals surface area contributed by atoms with Gasteiger partial charge in [0.25, 0.3) is 5.91 Å². The normalized spacial score (nSPS) is 9.75. The van der Waals surface area contributed by atoms with Crippen molar-refractivity contribution < 1.29 is 14.3 Å². The van der Waals surface area contributed by atoms with E-state index in [1.54, 1.807) is 0 Å². The first-order chi connectivity index (χ1) is 9.69. The van der Waals surface area contributed by atoms with Crippen molar-refractivity contribution >= 4 is 5.91 Å². The Morgan fingerprint density at radius 1 is 1.35 bits per heavy atom. The van der Waals surface area contributed by atoms with E-state index in [1.165, 1.54) is 18.2 Å². The van der Waals surface area contributed by atoms with Gasteiger partial charge in [0.05, 0.1) is 5.56 Å². The van der Waals surface area contributed by atoms with E-state index in [9.17, 15) is 9.18 Å². The molecule has 0 aliphatic heterocycles. The fourth-order valence-electron chi connectivity index (χ4n) is 1.77. The number of carbonyl (C=O) groups excluding carboxylic acids is 1. The van der Waals surface area contributed by atoms with Gasteiger partial charge >= 0.3 is 0 Å². The van der Waals surface area contributed by atoms with E-state index in [1.807, 2.05) is 0 Å². The van der Waals surface area contributed by atoms with E-state index in [-0.39, 0.29) is 12.2 Å². The minimum Gasteiger partial charge on any atom is -0.384 e. The largest absolute Gasteiger partial charge is 0.384 e. The Bertz CT molecular complexity index is 503. The number of unbranched alkanes of at least 4 members (excludes halogenated alkanes) is 3. The molecule has 1 aromatic rings. The van der Waals surface area contributed by atoms with E-state index in [2.05, 4.69) is 24.1 Å².